The lowest BCUT2D eigenvalue weighted by Gasteiger charge is -2.38. The Labute approximate surface area is 145 Å². The van der Waals surface area contributed by atoms with E-state index in [-0.39, 0.29) is 24.8 Å². The third-order valence-electron chi connectivity index (χ3n) is 4.67. The zero-order valence-electron chi connectivity index (χ0n) is 13.3. The predicted molar refractivity (Wildman–Crippen MR) is 99.4 cm³/mol. The summed E-state index contributed by atoms with van der Waals surface area (Å²) in [5.74, 6) is 0.673. The Morgan fingerprint density at radius 1 is 1.14 bits per heavy atom. The summed E-state index contributed by atoms with van der Waals surface area (Å²) in [7, 11) is 0. The molecule has 0 bridgehead atoms. The molecule has 22 heavy (non-hydrogen) atoms. The summed E-state index contributed by atoms with van der Waals surface area (Å²) < 4.78 is 0. The number of H-pyrrole nitrogens is 1. The lowest BCUT2D eigenvalue weighted by Crippen LogP contribution is -2.46. The van der Waals surface area contributed by atoms with Gasteiger partial charge in [-0.25, -0.2) is 0 Å². The minimum absolute atomic E-state index is 0. The maximum absolute atomic E-state index is 3.46. The first-order valence-electron chi connectivity index (χ1n) is 7.82. The Bertz CT molecular complexity index is 564. The average Bonchev–Trinajstić information content (AvgIpc) is 2.92. The molecule has 1 aliphatic rings. The van der Waals surface area contributed by atoms with Gasteiger partial charge in [-0.2, -0.15) is 0 Å². The summed E-state index contributed by atoms with van der Waals surface area (Å²) in [5.41, 5.74) is 2.72. The van der Waals surface area contributed by atoms with Gasteiger partial charge in [-0.1, -0.05) is 38.5 Å². The van der Waals surface area contributed by atoms with Crippen LogP contribution in [0, 0.1) is 5.92 Å². The summed E-state index contributed by atoms with van der Waals surface area (Å²) in [6.45, 7) is 9.19. The molecule has 0 aliphatic carbocycles. The molecule has 0 saturated carbocycles. The van der Waals surface area contributed by atoms with Crippen LogP contribution in [0.3, 0.4) is 0 Å². The van der Waals surface area contributed by atoms with Crippen molar-refractivity contribution in [3.63, 3.8) is 0 Å². The molecule has 0 amide bonds. The minimum Gasteiger partial charge on any atom is -0.361 e. The van der Waals surface area contributed by atoms with Gasteiger partial charge in [0.1, 0.15) is 0 Å². The van der Waals surface area contributed by atoms with E-state index in [4.69, 9.17) is 0 Å². The van der Waals surface area contributed by atoms with Crippen LogP contribution in [0.2, 0.25) is 0 Å². The number of hydrogen-bond acceptors (Lipinski definition) is 2. The predicted octanol–water partition coefficient (Wildman–Crippen LogP) is 4.00. The van der Waals surface area contributed by atoms with Crippen molar-refractivity contribution >= 4 is 35.7 Å². The molecule has 2 atom stereocenters. The van der Waals surface area contributed by atoms with E-state index < -0.39 is 0 Å². The Balaban J connectivity index is 0.00000121. The van der Waals surface area contributed by atoms with Gasteiger partial charge in [0.05, 0.1) is 0 Å². The first kappa shape index (κ1) is 19.3. The highest BCUT2D eigenvalue weighted by Crippen LogP contribution is 2.35. The van der Waals surface area contributed by atoms with E-state index in [1.54, 1.807) is 0 Å². The van der Waals surface area contributed by atoms with Crippen molar-refractivity contribution in [3.8, 4) is 0 Å². The van der Waals surface area contributed by atoms with Gasteiger partial charge in [0.25, 0.3) is 0 Å². The number of aromatic nitrogens is 1. The van der Waals surface area contributed by atoms with Crippen LogP contribution in [0.5, 0.6) is 0 Å². The third kappa shape index (κ3) is 3.77. The lowest BCUT2D eigenvalue weighted by atomic mass is 9.90. The van der Waals surface area contributed by atoms with Crippen LogP contribution in [-0.2, 0) is 0 Å². The molecule has 2 aromatic rings. The summed E-state index contributed by atoms with van der Waals surface area (Å²) in [6, 6.07) is 9.19. The van der Waals surface area contributed by atoms with Crippen molar-refractivity contribution in [2.24, 2.45) is 5.92 Å². The van der Waals surface area contributed by atoms with Crippen LogP contribution >= 0.6 is 24.8 Å². The van der Waals surface area contributed by atoms with Gasteiger partial charge in [-0.15, -0.1) is 24.8 Å². The van der Waals surface area contributed by atoms with Gasteiger partial charge in [-0.05, 0) is 17.5 Å². The van der Waals surface area contributed by atoms with Gasteiger partial charge in [-0.3, -0.25) is 4.90 Å². The van der Waals surface area contributed by atoms with E-state index in [1.807, 2.05) is 0 Å². The number of fused-ring (bicyclic) bond motifs is 1. The Kier molecular flexibility index (Phi) is 7.70. The zero-order chi connectivity index (χ0) is 13.9. The third-order valence-corrected chi connectivity index (χ3v) is 4.67. The van der Waals surface area contributed by atoms with Crippen LogP contribution in [0.25, 0.3) is 10.9 Å². The number of piperazine rings is 1. The average molecular weight is 344 g/mol. The van der Waals surface area contributed by atoms with Crippen molar-refractivity contribution in [1.82, 2.24) is 15.2 Å². The number of hydrogen-bond donors (Lipinski definition) is 2. The first-order valence-corrected chi connectivity index (χ1v) is 7.82. The number of nitrogens with one attached hydrogen (secondary N) is 2. The normalized spacial score (nSPS) is 18.3. The van der Waals surface area contributed by atoms with E-state index >= 15 is 0 Å². The van der Waals surface area contributed by atoms with Crippen LogP contribution < -0.4 is 5.32 Å². The summed E-state index contributed by atoms with van der Waals surface area (Å²) >= 11 is 0. The van der Waals surface area contributed by atoms with E-state index in [2.05, 4.69) is 59.5 Å². The highest BCUT2D eigenvalue weighted by atomic mass is 35.5. The summed E-state index contributed by atoms with van der Waals surface area (Å²) in [5, 5.41) is 4.85. The van der Waals surface area contributed by atoms with Crippen molar-refractivity contribution in [2.75, 3.05) is 26.2 Å². The standard InChI is InChI=1S/C17H25N3.2ClH/c1-3-13(2)17(20-10-8-18-9-11-20)15-12-19-16-7-5-4-6-14(15)16;;/h4-7,12-13,17-19H,3,8-11H2,1-2H3;2*1H/t13?,17-;;/m0../s1. The smallest absolute Gasteiger partial charge is 0.0457 e. The van der Waals surface area contributed by atoms with Gasteiger partial charge >= 0.3 is 0 Å². The number of aromatic amines is 1. The Morgan fingerprint density at radius 3 is 2.50 bits per heavy atom. The molecule has 1 aromatic carbocycles. The Hall–Kier alpha value is -0.740. The Morgan fingerprint density at radius 2 is 1.82 bits per heavy atom. The molecule has 1 fully saturated rings. The maximum Gasteiger partial charge on any atom is 0.0457 e. The molecule has 1 saturated heterocycles. The maximum atomic E-state index is 3.46. The monoisotopic (exact) mass is 343 g/mol. The van der Waals surface area contributed by atoms with Crippen LogP contribution in [0.1, 0.15) is 31.9 Å². The van der Waals surface area contributed by atoms with Gasteiger partial charge < -0.3 is 10.3 Å². The quantitative estimate of drug-likeness (QED) is 0.878. The summed E-state index contributed by atoms with van der Waals surface area (Å²) in [6.07, 6.45) is 3.44. The number of para-hydroxylation sites is 1. The molecule has 124 valence electrons. The van der Waals surface area contributed by atoms with Crippen molar-refractivity contribution in [1.29, 1.82) is 0 Å². The van der Waals surface area contributed by atoms with Crippen LogP contribution in [0.4, 0.5) is 0 Å². The number of benzene rings is 1. The van der Waals surface area contributed by atoms with E-state index in [0.29, 0.717) is 12.0 Å². The molecule has 5 heteroatoms. The molecule has 2 N–H and O–H groups in total. The van der Waals surface area contributed by atoms with Gasteiger partial charge in [0.15, 0.2) is 0 Å². The molecular formula is C17H27Cl2N3. The minimum atomic E-state index is 0. The molecule has 0 spiro atoms. The van der Waals surface area contributed by atoms with Crippen molar-refractivity contribution in [3.05, 3.63) is 36.0 Å². The van der Waals surface area contributed by atoms with Crippen LogP contribution in [0.15, 0.2) is 30.5 Å². The molecule has 1 unspecified atom stereocenters. The summed E-state index contributed by atoms with van der Waals surface area (Å²) in [4.78, 5) is 6.10. The van der Waals surface area contributed by atoms with E-state index in [0.717, 1.165) is 26.2 Å². The van der Waals surface area contributed by atoms with Crippen LogP contribution in [-0.4, -0.2) is 36.1 Å². The lowest BCUT2D eigenvalue weighted by molar-refractivity contribution is 0.129. The number of halogens is 2. The topological polar surface area (TPSA) is 31.1 Å². The number of rotatable bonds is 4. The van der Waals surface area contributed by atoms with Crippen molar-refractivity contribution in [2.45, 2.75) is 26.3 Å². The molecule has 3 rings (SSSR count). The fourth-order valence-electron chi connectivity index (χ4n) is 3.39. The molecule has 3 nitrogen and oxygen atoms in total. The second kappa shape index (κ2) is 8.78. The first-order chi connectivity index (χ1) is 9.81. The van der Waals surface area contributed by atoms with Gasteiger partial charge in [0.2, 0.25) is 0 Å². The highest BCUT2D eigenvalue weighted by Gasteiger charge is 2.28. The molecule has 2 heterocycles. The van der Waals surface area contributed by atoms with Gasteiger partial charge in [0, 0.05) is 49.3 Å². The zero-order valence-corrected chi connectivity index (χ0v) is 15.0. The van der Waals surface area contributed by atoms with E-state index in [9.17, 15) is 0 Å². The second-order valence-electron chi connectivity index (χ2n) is 5.91. The number of nitrogens with zero attached hydrogens (tertiary/aromatic N) is 1. The van der Waals surface area contributed by atoms with E-state index in [1.165, 1.54) is 22.9 Å². The highest BCUT2D eigenvalue weighted by molar-refractivity contribution is 5.85. The molecular weight excluding hydrogens is 317 g/mol. The second-order valence-corrected chi connectivity index (χ2v) is 5.91. The fraction of sp³-hybridized carbons (Fsp3) is 0.529. The molecule has 1 aromatic heterocycles. The molecule has 0 radical (unpaired) electrons. The van der Waals surface area contributed by atoms with Crippen molar-refractivity contribution < 1.29 is 0 Å². The largest absolute Gasteiger partial charge is 0.361 e. The fourth-order valence-corrected chi connectivity index (χ4v) is 3.39. The SMILES string of the molecule is CCC(C)[C@@H](c1c[nH]c2ccccc12)N1CCNCC1.Cl.Cl. The molecule has 1 aliphatic heterocycles.